The average Bonchev–Trinajstić information content (AvgIpc) is 2.45. The molecule has 0 spiro atoms. The summed E-state index contributed by atoms with van der Waals surface area (Å²) in [5, 5.41) is 9.00. The van der Waals surface area contributed by atoms with Crippen LogP contribution in [-0.2, 0) is 29.1 Å². The fourth-order valence-corrected chi connectivity index (χ4v) is 2.83. The van der Waals surface area contributed by atoms with Gasteiger partial charge >= 0.3 is 5.97 Å². The van der Waals surface area contributed by atoms with Crippen LogP contribution in [0.25, 0.3) is 0 Å². The first-order valence-electron chi connectivity index (χ1n) is 6.43. The van der Waals surface area contributed by atoms with Crippen molar-refractivity contribution in [2.75, 3.05) is 45.8 Å². The molecule has 0 aliphatic carbocycles. The van der Waals surface area contributed by atoms with Gasteiger partial charge in [-0.15, -0.1) is 0 Å². The maximum Gasteiger partial charge on any atom is 0.328 e. The molecule has 0 aromatic rings. The highest BCUT2D eigenvalue weighted by Crippen LogP contribution is 2.07. The Morgan fingerprint density at radius 1 is 1.48 bits per heavy atom. The van der Waals surface area contributed by atoms with Gasteiger partial charge in [-0.2, -0.15) is 0 Å². The molecule has 1 amide bonds. The van der Waals surface area contributed by atoms with Gasteiger partial charge in [-0.1, -0.05) is 0 Å². The van der Waals surface area contributed by atoms with Gasteiger partial charge in [0.05, 0.1) is 25.5 Å². The van der Waals surface area contributed by atoms with Crippen molar-refractivity contribution in [2.24, 2.45) is 0 Å². The summed E-state index contributed by atoms with van der Waals surface area (Å²) in [6.07, 6.45) is 0.315. The van der Waals surface area contributed by atoms with Gasteiger partial charge in [0.25, 0.3) is 0 Å². The van der Waals surface area contributed by atoms with Crippen molar-refractivity contribution in [3.63, 3.8) is 0 Å². The van der Waals surface area contributed by atoms with Crippen LogP contribution < -0.4 is 4.72 Å². The third-order valence-electron chi connectivity index (χ3n) is 2.94. The molecule has 0 aromatic heterocycles. The number of carboxylic acids is 1. The molecule has 1 aliphatic heterocycles. The van der Waals surface area contributed by atoms with E-state index in [4.69, 9.17) is 14.6 Å². The SMILES string of the molecule is COCCCS(=O)(=O)NCC(=O)N1CCOCC1C(=O)O. The molecule has 2 N–H and O–H groups in total. The number of ether oxygens (including phenoxy) is 2. The number of sulfonamides is 1. The van der Waals surface area contributed by atoms with Crippen molar-refractivity contribution in [3.05, 3.63) is 0 Å². The Morgan fingerprint density at radius 3 is 2.81 bits per heavy atom. The fourth-order valence-electron chi connectivity index (χ4n) is 1.85. The van der Waals surface area contributed by atoms with Gasteiger partial charge in [0.1, 0.15) is 0 Å². The van der Waals surface area contributed by atoms with Crippen LogP contribution in [0.15, 0.2) is 0 Å². The molecular weight excluding hydrogens is 304 g/mol. The summed E-state index contributed by atoms with van der Waals surface area (Å²) in [7, 11) is -2.12. The number of carboxylic acid groups (broad SMARTS) is 1. The van der Waals surface area contributed by atoms with Gasteiger partial charge in [0.2, 0.25) is 15.9 Å². The molecule has 1 fully saturated rings. The zero-order chi connectivity index (χ0) is 15.9. The summed E-state index contributed by atoms with van der Waals surface area (Å²) < 4.78 is 35.2. The van der Waals surface area contributed by atoms with Crippen LogP contribution in [0.3, 0.4) is 0 Å². The molecule has 0 bridgehead atoms. The number of nitrogens with zero attached hydrogens (tertiary/aromatic N) is 1. The first kappa shape index (κ1) is 17.8. The largest absolute Gasteiger partial charge is 0.480 e. The van der Waals surface area contributed by atoms with Crippen molar-refractivity contribution in [3.8, 4) is 0 Å². The van der Waals surface area contributed by atoms with Crippen LogP contribution in [0.4, 0.5) is 0 Å². The predicted octanol–water partition coefficient (Wildman–Crippen LogP) is -1.75. The minimum atomic E-state index is -3.58. The van der Waals surface area contributed by atoms with Crippen LogP contribution in [0.2, 0.25) is 0 Å². The van der Waals surface area contributed by atoms with E-state index in [1.807, 2.05) is 0 Å². The minimum absolute atomic E-state index is 0.0956. The average molecular weight is 324 g/mol. The second-order valence-electron chi connectivity index (χ2n) is 4.50. The van der Waals surface area contributed by atoms with E-state index >= 15 is 0 Å². The van der Waals surface area contributed by atoms with Crippen LogP contribution in [-0.4, -0.2) is 82.1 Å². The number of nitrogens with one attached hydrogen (secondary N) is 1. The first-order valence-corrected chi connectivity index (χ1v) is 8.09. The van der Waals surface area contributed by atoms with Crippen molar-refractivity contribution in [1.82, 2.24) is 9.62 Å². The van der Waals surface area contributed by atoms with E-state index in [2.05, 4.69) is 4.72 Å². The third-order valence-corrected chi connectivity index (χ3v) is 4.35. The maximum absolute atomic E-state index is 11.9. The zero-order valence-corrected chi connectivity index (χ0v) is 12.6. The molecule has 1 saturated heterocycles. The third kappa shape index (κ3) is 5.96. The zero-order valence-electron chi connectivity index (χ0n) is 11.8. The van der Waals surface area contributed by atoms with Gasteiger partial charge in [-0.05, 0) is 6.42 Å². The van der Waals surface area contributed by atoms with Crippen LogP contribution in [0, 0.1) is 0 Å². The number of rotatable bonds is 8. The molecule has 0 saturated carbocycles. The lowest BCUT2D eigenvalue weighted by molar-refractivity contribution is -0.157. The van der Waals surface area contributed by atoms with E-state index in [9.17, 15) is 18.0 Å². The first-order chi connectivity index (χ1) is 9.87. The molecule has 21 heavy (non-hydrogen) atoms. The molecule has 1 rings (SSSR count). The highest BCUT2D eigenvalue weighted by atomic mass is 32.2. The summed E-state index contributed by atoms with van der Waals surface area (Å²) in [5.41, 5.74) is 0. The molecule has 1 aliphatic rings. The highest BCUT2D eigenvalue weighted by Gasteiger charge is 2.32. The lowest BCUT2D eigenvalue weighted by Gasteiger charge is -2.32. The maximum atomic E-state index is 11.9. The standard InChI is InChI=1S/C11H20N2O7S/c1-19-4-2-6-21(17,18)12-7-10(14)13-3-5-20-8-9(13)11(15)16/h9,12H,2-8H2,1H3,(H,15,16). The molecule has 122 valence electrons. The molecule has 1 heterocycles. The normalized spacial score (nSPS) is 19.5. The number of methoxy groups -OCH3 is 1. The van der Waals surface area contributed by atoms with Gasteiger partial charge in [-0.3, -0.25) is 4.79 Å². The van der Waals surface area contributed by atoms with Gasteiger partial charge in [0.15, 0.2) is 6.04 Å². The lowest BCUT2D eigenvalue weighted by Crippen LogP contribution is -2.55. The number of hydrogen-bond donors (Lipinski definition) is 2. The van der Waals surface area contributed by atoms with Crippen molar-refractivity contribution in [2.45, 2.75) is 12.5 Å². The Kier molecular flexibility index (Phi) is 7.02. The summed E-state index contributed by atoms with van der Waals surface area (Å²) in [5.74, 6) is -1.91. The van der Waals surface area contributed by atoms with E-state index in [1.165, 1.54) is 7.11 Å². The quantitative estimate of drug-likeness (QED) is 0.508. The Bertz CT molecular complexity index is 465. The summed E-state index contributed by atoms with van der Waals surface area (Å²) in [6.45, 7) is 0.109. The van der Waals surface area contributed by atoms with E-state index in [1.54, 1.807) is 0 Å². The van der Waals surface area contributed by atoms with E-state index in [-0.39, 0.29) is 25.5 Å². The number of carbonyl (C=O) groups is 2. The number of amides is 1. The Labute approximate surface area is 123 Å². The number of aliphatic carboxylic acids is 1. The molecule has 9 nitrogen and oxygen atoms in total. The fraction of sp³-hybridized carbons (Fsp3) is 0.818. The van der Waals surface area contributed by atoms with E-state index in [0.29, 0.717) is 13.0 Å². The van der Waals surface area contributed by atoms with Crippen molar-refractivity contribution < 1.29 is 32.6 Å². The molecular formula is C11H20N2O7S. The van der Waals surface area contributed by atoms with Crippen LogP contribution in [0.1, 0.15) is 6.42 Å². The summed E-state index contributed by atoms with van der Waals surface area (Å²) >= 11 is 0. The Morgan fingerprint density at radius 2 is 2.19 bits per heavy atom. The topological polar surface area (TPSA) is 122 Å². The second kappa shape index (κ2) is 8.27. The number of morpholine rings is 1. The Balaban J connectivity index is 2.50. The van der Waals surface area contributed by atoms with E-state index < -0.39 is 34.5 Å². The van der Waals surface area contributed by atoms with Crippen molar-refractivity contribution in [1.29, 1.82) is 0 Å². The van der Waals surface area contributed by atoms with Gasteiger partial charge in [0, 0.05) is 20.3 Å². The highest BCUT2D eigenvalue weighted by molar-refractivity contribution is 7.89. The summed E-state index contributed by atoms with van der Waals surface area (Å²) in [4.78, 5) is 24.1. The predicted molar refractivity (Wildman–Crippen MR) is 72.2 cm³/mol. The van der Waals surface area contributed by atoms with Crippen LogP contribution >= 0.6 is 0 Å². The Hall–Kier alpha value is -1.23. The van der Waals surface area contributed by atoms with Crippen molar-refractivity contribution >= 4 is 21.9 Å². The number of hydrogen-bond acceptors (Lipinski definition) is 6. The van der Waals surface area contributed by atoms with Crippen LogP contribution in [0.5, 0.6) is 0 Å². The minimum Gasteiger partial charge on any atom is -0.480 e. The number of carbonyl (C=O) groups excluding carboxylic acids is 1. The monoisotopic (exact) mass is 324 g/mol. The molecule has 0 radical (unpaired) electrons. The van der Waals surface area contributed by atoms with Gasteiger partial charge in [-0.25, -0.2) is 17.9 Å². The molecule has 10 heteroatoms. The van der Waals surface area contributed by atoms with E-state index in [0.717, 1.165) is 4.90 Å². The molecule has 1 unspecified atom stereocenters. The lowest BCUT2D eigenvalue weighted by atomic mass is 10.2. The molecule has 0 aromatic carbocycles. The van der Waals surface area contributed by atoms with Gasteiger partial charge < -0.3 is 19.5 Å². The summed E-state index contributed by atoms with van der Waals surface area (Å²) in [6, 6.07) is -1.08. The second-order valence-corrected chi connectivity index (χ2v) is 6.43. The molecule has 1 atom stereocenters. The smallest absolute Gasteiger partial charge is 0.328 e.